The van der Waals surface area contributed by atoms with Crippen molar-refractivity contribution in [1.29, 1.82) is 0 Å². The van der Waals surface area contributed by atoms with Crippen LogP contribution in [0.25, 0.3) is 0 Å². The Bertz CT molecular complexity index is 585. The number of halogens is 1. The number of rotatable bonds is 5. The molecule has 0 aromatic heterocycles. The molecule has 0 unspecified atom stereocenters. The van der Waals surface area contributed by atoms with Crippen molar-refractivity contribution in [2.24, 2.45) is 0 Å². The first-order valence-electron chi connectivity index (χ1n) is 6.18. The van der Waals surface area contributed by atoms with Gasteiger partial charge in [0.05, 0.1) is 18.7 Å². The van der Waals surface area contributed by atoms with E-state index in [4.69, 9.17) is 10.5 Å². The lowest BCUT2D eigenvalue weighted by Gasteiger charge is -2.08. The number of carbonyl (C=O) groups excluding carboxylic acids is 1. The zero-order valence-electron chi connectivity index (χ0n) is 10.8. The Morgan fingerprint density at radius 3 is 2.55 bits per heavy atom. The molecule has 0 atom stereocenters. The van der Waals surface area contributed by atoms with Gasteiger partial charge in [-0.1, -0.05) is 12.1 Å². The third-order valence-corrected chi connectivity index (χ3v) is 3.32. The summed E-state index contributed by atoms with van der Waals surface area (Å²) in [5.74, 6) is 0.611. The summed E-state index contributed by atoms with van der Waals surface area (Å²) in [7, 11) is 0. The second-order valence-corrected chi connectivity index (χ2v) is 5.05. The third-order valence-electron chi connectivity index (χ3n) is 2.63. The van der Waals surface area contributed by atoms with Crippen LogP contribution in [0.3, 0.4) is 0 Å². The molecule has 0 saturated heterocycles. The van der Waals surface area contributed by atoms with Crippen molar-refractivity contribution in [3.8, 4) is 5.75 Å². The van der Waals surface area contributed by atoms with Crippen LogP contribution in [-0.2, 0) is 4.79 Å². The number of hydrogen-bond donors (Lipinski definition) is 2. The highest BCUT2D eigenvalue weighted by Crippen LogP contribution is 2.21. The highest BCUT2D eigenvalue weighted by Gasteiger charge is 2.05. The van der Waals surface area contributed by atoms with Gasteiger partial charge in [-0.15, -0.1) is 0 Å². The molecular weight excluding hydrogens is 320 g/mol. The minimum Gasteiger partial charge on any atom is -0.493 e. The summed E-state index contributed by atoms with van der Waals surface area (Å²) in [6, 6.07) is 14.5. The number of benzene rings is 2. The molecule has 5 heteroatoms. The Labute approximate surface area is 126 Å². The molecule has 104 valence electrons. The van der Waals surface area contributed by atoms with Gasteiger partial charge >= 0.3 is 0 Å². The van der Waals surface area contributed by atoms with Crippen LogP contribution in [0.4, 0.5) is 11.4 Å². The molecule has 0 aliphatic heterocycles. The smallest absolute Gasteiger partial charge is 0.227 e. The van der Waals surface area contributed by atoms with Gasteiger partial charge in [-0.05, 0) is 52.3 Å². The molecule has 0 saturated carbocycles. The van der Waals surface area contributed by atoms with Crippen molar-refractivity contribution in [2.45, 2.75) is 6.42 Å². The standard InChI is InChI=1S/C15H15BrN2O2/c16-13-3-1-2-4-14(13)18-15(19)9-10-20-12-7-5-11(17)6-8-12/h1-8H,9-10,17H2,(H,18,19). The van der Waals surface area contributed by atoms with E-state index in [0.29, 0.717) is 18.0 Å². The molecule has 0 aliphatic carbocycles. The monoisotopic (exact) mass is 334 g/mol. The number of nitrogen functional groups attached to an aromatic ring is 1. The first-order chi connectivity index (χ1) is 9.65. The third kappa shape index (κ3) is 4.28. The van der Waals surface area contributed by atoms with Crippen LogP contribution < -0.4 is 15.8 Å². The summed E-state index contributed by atoms with van der Waals surface area (Å²) >= 11 is 3.38. The van der Waals surface area contributed by atoms with Gasteiger partial charge in [0.15, 0.2) is 0 Å². The van der Waals surface area contributed by atoms with E-state index >= 15 is 0 Å². The van der Waals surface area contributed by atoms with Gasteiger partial charge in [0, 0.05) is 10.2 Å². The molecule has 0 radical (unpaired) electrons. The largest absolute Gasteiger partial charge is 0.493 e. The van der Waals surface area contributed by atoms with Crippen LogP contribution in [0.2, 0.25) is 0 Å². The van der Waals surface area contributed by atoms with E-state index in [1.807, 2.05) is 24.3 Å². The number of nitrogens with two attached hydrogens (primary N) is 1. The van der Waals surface area contributed by atoms with E-state index in [0.717, 1.165) is 10.2 Å². The van der Waals surface area contributed by atoms with Crippen molar-refractivity contribution in [1.82, 2.24) is 0 Å². The summed E-state index contributed by atoms with van der Waals surface area (Å²) in [5, 5.41) is 2.82. The highest BCUT2D eigenvalue weighted by molar-refractivity contribution is 9.10. The first-order valence-corrected chi connectivity index (χ1v) is 6.97. The molecule has 0 fully saturated rings. The maximum absolute atomic E-state index is 11.8. The molecule has 3 N–H and O–H groups in total. The molecule has 0 spiro atoms. The average Bonchev–Trinajstić information content (AvgIpc) is 2.44. The summed E-state index contributed by atoms with van der Waals surface area (Å²) in [6.45, 7) is 0.320. The second kappa shape index (κ2) is 6.96. The number of hydrogen-bond acceptors (Lipinski definition) is 3. The molecule has 1 amide bonds. The van der Waals surface area contributed by atoms with Crippen LogP contribution in [0, 0.1) is 0 Å². The van der Waals surface area contributed by atoms with E-state index in [-0.39, 0.29) is 12.3 Å². The predicted molar refractivity (Wildman–Crippen MR) is 83.7 cm³/mol. The lowest BCUT2D eigenvalue weighted by atomic mass is 10.3. The van der Waals surface area contributed by atoms with E-state index < -0.39 is 0 Å². The summed E-state index contributed by atoms with van der Waals surface area (Å²) in [5.41, 5.74) is 7.02. The first kappa shape index (κ1) is 14.4. The quantitative estimate of drug-likeness (QED) is 0.823. The van der Waals surface area contributed by atoms with Gasteiger partial charge in [0.1, 0.15) is 5.75 Å². The highest BCUT2D eigenvalue weighted by atomic mass is 79.9. The number of ether oxygens (including phenoxy) is 1. The molecule has 2 aromatic carbocycles. The van der Waals surface area contributed by atoms with Crippen LogP contribution in [0.15, 0.2) is 53.0 Å². The molecule has 4 nitrogen and oxygen atoms in total. The van der Waals surface area contributed by atoms with E-state index in [2.05, 4.69) is 21.2 Å². The summed E-state index contributed by atoms with van der Waals surface area (Å²) in [4.78, 5) is 11.8. The number of carbonyl (C=O) groups is 1. The lowest BCUT2D eigenvalue weighted by molar-refractivity contribution is -0.116. The lowest BCUT2D eigenvalue weighted by Crippen LogP contribution is -2.15. The Morgan fingerprint density at radius 2 is 1.85 bits per heavy atom. The fraction of sp³-hybridized carbons (Fsp3) is 0.133. The summed E-state index contributed by atoms with van der Waals surface area (Å²) in [6.07, 6.45) is 0.283. The Balaban J connectivity index is 1.78. The van der Waals surface area contributed by atoms with Crippen molar-refractivity contribution >= 4 is 33.2 Å². The minimum absolute atomic E-state index is 0.0904. The zero-order valence-corrected chi connectivity index (χ0v) is 12.4. The van der Waals surface area contributed by atoms with Crippen LogP contribution in [-0.4, -0.2) is 12.5 Å². The Morgan fingerprint density at radius 1 is 1.15 bits per heavy atom. The zero-order chi connectivity index (χ0) is 14.4. The predicted octanol–water partition coefficient (Wildman–Crippen LogP) is 3.44. The van der Waals surface area contributed by atoms with Gasteiger partial charge in [0.25, 0.3) is 0 Å². The SMILES string of the molecule is Nc1ccc(OCCC(=O)Nc2ccccc2Br)cc1. The topological polar surface area (TPSA) is 64.3 Å². The summed E-state index contributed by atoms with van der Waals surface area (Å²) < 4.78 is 6.33. The van der Waals surface area contributed by atoms with Gasteiger partial charge in [-0.3, -0.25) is 4.79 Å². The van der Waals surface area contributed by atoms with Crippen molar-refractivity contribution in [3.05, 3.63) is 53.0 Å². The molecule has 2 rings (SSSR count). The van der Waals surface area contributed by atoms with Crippen LogP contribution in [0.1, 0.15) is 6.42 Å². The maximum Gasteiger partial charge on any atom is 0.227 e. The second-order valence-electron chi connectivity index (χ2n) is 4.20. The minimum atomic E-state index is -0.0904. The molecular formula is C15H15BrN2O2. The maximum atomic E-state index is 11.8. The van der Waals surface area contributed by atoms with Crippen molar-refractivity contribution in [2.75, 3.05) is 17.7 Å². The van der Waals surface area contributed by atoms with Gasteiger partial charge in [-0.25, -0.2) is 0 Å². The van der Waals surface area contributed by atoms with Gasteiger partial charge < -0.3 is 15.8 Å². The molecule has 0 heterocycles. The van der Waals surface area contributed by atoms with E-state index in [9.17, 15) is 4.79 Å². The van der Waals surface area contributed by atoms with Gasteiger partial charge in [0.2, 0.25) is 5.91 Å². The van der Waals surface area contributed by atoms with Crippen molar-refractivity contribution in [3.63, 3.8) is 0 Å². The number of amides is 1. The average molecular weight is 335 g/mol. The Kier molecular flexibility index (Phi) is 5.01. The molecule has 0 aliphatic rings. The van der Waals surface area contributed by atoms with E-state index in [1.165, 1.54) is 0 Å². The van der Waals surface area contributed by atoms with Crippen molar-refractivity contribution < 1.29 is 9.53 Å². The molecule has 2 aromatic rings. The van der Waals surface area contributed by atoms with Crippen LogP contribution >= 0.6 is 15.9 Å². The number of anilines is 2. The number of nitrogens with one attached hydrogen (secondary N) is 1. The number of para-hydroxylation sites is 1. The van der Waals surface area contributed by atoms with E-state index in [1.54, 1.807) is 24.3 Å². The van der Waals surface area contributed by atoms with Crippen LogP contribution in [0.5, 0.6) is 5.75 Å². The Hall–Kier alpha value is -2.01. The normalized spacial score (nSPS) is 10.1. The fourth-order valence-electron chi connectivity index (χ4n) is 1.60. The van der Waals surface area contributed by atoms with Gasteiger partial charge in [-0.2, -0.15) is 0 Å². The molecule has 20 heavy (non-hydrogen) atoms. The fourth-order valence-corrected chi connectivity index (χ4v) is 1.98. The molecule has 0 bridgehead atoms.